The number of nitrogens with one attached hydrogen (secondary N) is 3. The van der Waals surface area contributed by atoms with Gasteiger partial charge in [0.05, 0.1) is 6.04 Å². The summed E-state index contributed by atoms with van der Waals surface area (Å²) in [6.45, 7) is 3.36. The number of carbonyl (C=O) groups excluding carboxylic acids is 3. The summed E-state index contributed by atoms with van der Waals surface area (Å²) in [6, 6.07) is 8.89. The van der Waals surface area contributed by atoms with Crippen molar-refractivity contribution in [1.29, 1.82) is 0 Å². The van der Waals surface area contributed by atoms with Crippen LogP contribution in [0.2, 0.25) is 0 Å². The van der Waals surface area contributed by atoms with Crippen LogP contribution in [0.1, 0.15) is 48.6 Å². The zero-order valence-corrected chi connectivity index (χ0v) is 15.7. The van der Waals surface area contributed by atoms with Crippen LogP contribution in [0.25, 0.3) is 0 Å². The number of nitrogens with zero attached hydrogens (tertiary/aromatic N) is 1. The van der Waals surface area contributed by atoms with Gasteiger partial charge in [0.2, 0.25) is 5.91 Å². The maximum absolute atomic E-state index is 12.2. The highest BCUT2D eigenvalue weighted by Crippen LogP contribution is 2.07. The molecule has 7 nitrogen and oxygen atoms in total. The van der Waals surface area contributed by atoms with Crippen LogP contribution < -0.4 is 10.6 Å². The molecular weight excluding hydrogens is 344 g/mol. The molecule has 0 aliphatic rings. The SMILES string of the molecule is CCC(C=O)NC(=O)[C@H](C)NC(=O)c1ncc(CCCc2ccccc2)[nH]1. The summed E-state index contributed by atoms with van der Waals surface area (Å²) in [5.41, 5.74) is 2.15. The summed E-state index contributed by atoms with van der Waals surface area (Å²) < 4.78 is 0. The Bertz CT molecular complexity index is 758. The second-order valence-corrected chi connectivity index (χ2v) is 6.45. The van der Waals surface area contributed by atoms with Gasteiger partial charge in [-0.2, -0.15) is 0 Å². The molecule has 27 heavy (non-hydrogen) atoms. The first-order valence-corrected chi connectivity index (χ1v) is 9.17. The van der Waals surface area contributed by atoms with E-state index in [1.54, 1.807) is 20.0 Å². The average molecular weight is 370 g/mol. The Morgan fingerprint density at radius 1 is 1.19 bits per heavy atom. The van der Waals surface area contributed by atoms with E-state index >= 15 is 0 Å². The van der Waals surface area contributed by atoms with Crippen LogP contribution in [0.3, 0.4) is 0 Å². The second kappa shape index (κ2) is 10.3. The van der Waals surface area contributed by atoms with Gasteiger partial charge in [0.25, 0.3) is 5.91 Å². The van der Waals surface area contributed by atoms with Crippen molar-refractivity contribution >= 4 is 18.1 Å². The molecule has 0 spiro atoms. The molecule has 2 aromatic rings. The molecule has 3 N–H and O–H groups in total. The lowest BCUT2D eigenvalue weighted by molar-refractivity contribution is -0.125. The third kappa shape index (κ3) is 6.36. The highest BCUT2D eigenvalue weighted by molar-refractivity contribution is 5.95. The first kappa shape index (κ1) is 20.4. The van der Waals surface area contributed by atoms with E-state index in [-0.39, 0.29) is 5.82 Å². The van der Waals surface area contributed by atoms with Crippen LogP contribution in [-0.4, -0.2) is 40.2 Å². The molecule has 0 aliphatic heterocycles. The Morgan fingerprint density at radius 2 is 1.93 bits per heavy atom. The molecule has 1 heterocycles. The van der Waals surface area contributed by atoms with Crippen LogP contribution in [0.5, 0.6) is 0 Å². The van der Waals surface area contributed by atoms with E-state index in [2.05, 4.69) is 32.7 Å². The summed E-state index contributed by atoms with van der Waals surface area (Å²) in [6.07, 6.45) is 5.50. The van der Waals surface area contributed by atoms with Gasteiger partial charge in [-0.1, -0.05) is 37.3 Å². The van der Waals surface area contributed by atoms with E-state index in [1.807, 2.05) is 18.2 Å². The van der Waals surface area contributed by atoms with Gasteiger partial charge in [0, 0.05) is 11.9 Å². The zero-order chi connectivity index (χ0) is 19.6. The first-order chi connectivity index (χ1) is 13.0. The third-order valence-corrected chi connectivity index (χ3v) is 4.27. The molecule has 7 heteroatoms. The number of aromatic nitrogens is 2. The average Bonchev–Trinajstić information content (AvgIpc) is 3.15. The third-order valence-electron chi connectivity index (χ3n) is 4.27. The van der Waals surface area contributed by atoms with Gasteiger partial charge in [-0.05, 0) is 38.2 Å². The molecule has 0 bridgehead atoms. The van der Waals surface area contributed by atoms with Crippen molar-refractivity contribution in [2.75, 3.05) is 0 Å². The molecule has 0 saturated heterocycles. The molecule has 1 unspecified atom stereocenters. The van der Waals surface area contributed by atoms with E-state index in [0.29, 0.717) is 12.7 Å². The molecule has 1 aromatic heterocycles. The van der Waals surface area contributed by atoms with Crippen molar-refractivity contribution in [2.45, 2.75) is 51.6 Å². The number of hydrogen-bond acceptors (Lipinski definition) is 4. The van der Waals surface area contributed by atoms with E-state index in [4.69, 9.17) is 0 Å². The number of hydrogen-bond donors (Lipinski definition) is 3. The quantitative estimate of drug-likeness (QED) is 0.555. The van der Waals surface area contributed by atoms with E-state index in [1.165, 1.54) is 5.56 Å². The van der Waals surface area contributed by atoms with Gasteiger partial charge in [-0.15, -0.1) is 0 Å². The van der Waals surface area contributed by atoms with Gasteiger partial charge in [-0.25, -0.2) is 4.98 Å². The smallest absolute Gasteiger partial charge is 0.287 e. The molecule has 144 valence electrons. The zero-order valence-electron chi connectivity index (χ0n) is 15.7. The topological polar surface area (TPSA) is 104 Å². The predicted molar refractivity (Wildman–Crippen MR) is 102 cm³/mol. The maximum atomic E-state index is 12.2. The Kier molecular flexibility index (Phi) is 7.73. The van der Waals surface area contributed by atoms with Crippen LogP contribution in [-0.2, 0) is 22.4 Å². The van der Waals surface area contributed by atoms with Gasteiger partial charge < -0.3 is 20.4 Å². The molecule has 2 atom stereocenters. The maximum Gasteiger partial charge on any atom is 0.287 e. The number of H-pyrrole nitrogens is 1. The van der Waals surface area contributed by atoms with Crippen molar-refractivity contribution in [2.24, 2.45) is 0 Å². The molecule has 1 aromatic carbocycles. The van der Waals surface area contributed by atoms with E-state index in [9.17, 15) is 14.4 Å². The van der Waals surface area contributed by atoms with Gasteiger partial charge >= 0.3 is 0 Å². The van der Waals surface area contributed by atoms with Crippen LogP contribution >= 0.6 is 0 Å². The number of amides is 2. The lowest BCUT2D eigenvalue weighted by Gasteiger charge is -2.16. The monoisotopic (exact) mass is 370 g/mol. The van der Waals surface area contributed by atoms with Gasteiger partial charge in [0.15, 0.2) is 5.82 Å². The summed E-state index contributed by atoms with van der Waals surface area (Å²) in [5, 5.41) is 5.15. The molecule has 0 radical (unpaired) electrons. The molecule has 0 fully saturated rings. The lowest BCUT2D eigenvalue weighted by Crippen LogP contribution is -2.48. The number of aldehydes is 1. The van der Waals surface area contributed by atoms with E-state index < -0.39 is 23.9 Å². The van der Waals surface area contributed by atoms with Crippen LogP contribution in [0.4, 0.5) is 0 Å². The second-order valence-electron chi connectivity index (χ2n) is 6.45. The summed E-state index contributed by atoms with van der Waals surface area (Å²) in [7, 11) is 0. The standard InChI is InChI=1S/C20H26N4O3/c1-3-16(13-25)24-19(26)14(2)22-20(27)18-21-12-17(23-18)11-7-10-15-8-5-4-6-9-15/h4-6,8-9,12-14,16H,3,7,10-11H2,1-2H3,(H,21,23)(H,22,27)(H,24,26)/t14-,16?/m0/s1. The molecule has 2 amide bonds. The minimum Gasteiger partial charge on any atom is -0.345 e. The van der Waals surface area contributed by atoms with Crippen molar-refractivity contribution in [3.63, 3.8) is 0 Å². The fourth-order valence-electron chi connectivity index (χ4n) is 2.60. The summed E-state index contributed by atoms with van der Waals surface area (Å²) in [4.78, 5) is 42.1. The van der Waals surface area contributed by atoms with Gasteiger partial charge in [-0.3, -0.25) is 9.59 Å². The Balaban J connectivity index is 1.81. The van der Waals surface area contributed by atoms with Crippen molar-refractivity contribution in [3.05, 3.63) is 53.6 Å². The number of aromatic amines is 1. The highest BCUT2D eigenvalue weighted by Gasteiger charge is 2.20. The fourth-order valence-corrected chi connectivity index (χ4v) is 2.60. The minimum atomic E-state index is -0.766. The normalized spacial score (nSPS) is 12.8. The van der Waals surface area contributed by atoms with Crippen LogP contribution in [0, 0.1) is 0 Å². The largest absolute Gasteiger partial charge is 0.345 e. The van der Waals surface area contributed by atoms with Crippen LogP contribution in [0.15, 0.2) is 36.5 Å². The lowest BCUT2D eigenvalue weighted by atomic mass is 10.1. The number of carbonyl (C=O) groups is 3. The molecule has 0 aliphatic carbocycles. The molecule has 0 saturated carbocycles. The number of aryl methyl sites for hydroxylation is 2. The molecule has 2 rings (SSSR count). The number of rotatable bonds is 10. The first-order valence-electron chi connectivity index (χ1n) is 9.17. The Labute approximate surface area is 159 Å². The van der Waals surface area contributed by atoms with Gasteiger partial charge in [0.1, 0.15) is 12.3 Å². The van der Waals surface area contributed by atoms with Crippen molar-refractivity contribution in [3.8, 4) is 0 Å². The minimum absolute atomic E-state index is 0.173. The number of imidazole rings is 1. The Morgan fingerprint density at radius 3 is 2.59 bits per heavy atom. The molecular formula is C20H26N4O3. The number of benzene rings is 1. The highest BCUT2D eigenvalue weighted by atomic mass is 16.2. The summed E-state index contributed by atoms with van der Waals surface area (Å²) in [5.74, 6) is -0.685. The predicted octanol–water partition coefficient (Wildman–Crippen LogP) is 1.80. The van der Waals surface area contributed by atoms with E-state index in [0.717, 1.165) is 25.0 Å². The van der Waals surface area contributed by atoms with Crippen molar-refractivity contribution in [1.82, 2.24) is 20.6 Å². The summed E-state index contributed by atoms with van der Waals surface area (Å²) >= 11 is 0. The fraction of sp³-hybridized carbons (Fsp3) is 0.400. The van der Waals surface area contributed by atoms with Crippen molar-refractivity contribution < 1.29 is 14.4 Å². The Hall–Kier alpha value is -2.96.